The lowest BCUT2D eigenvalue weighted by Crippen LogP contribution is -2.47. The minimum Gasteiger partial charge on any atom is -0.481 e. The number of aliphatic hydroxyl groups is 2. The molecule has 450 valence electrons. The highest BCUT2D eigenvalue weighted by molar-refractivity contribution is 8.14. The number of carbonyl (C=O) groups is 3. The number of aliphatic carboxylic acids is 1. The fourth-order valence-corrected chi connectivity index (χ4v) is 13.0. The summed E-state index contributed by atoms with van der Waals surface area (Å²) in [6.07, 6.45) is 23.4. The smallest absolute Gasteiger partial charge is 0.342 e. The number of carbonyl (C=O) groups excluding carboxylic acids is 2. The maximum atomic E-state index is 13.6. The largest absolute Gasteiger partial charge is 0.481 e. The normalized spacial score (nSPS) is 17.9. The van der Waals surface area contributed by atoms with E-state index < -0.39 is 29.3 Å². The number of carboxylic acid groups (broad SMARTS) is 1. The van der Waals surface area contributed by atoms with Crippen LogP contribution in [0.25, 0.3) is 49.4 Å². The first kappa shape index (κ1) is 63.0. The Bertz CT molecular complexity index is 3600. The summed E-state index contributed by atoms with van der Waals surface area (Å²) in [6.45, 7) is 17.6. The van der Waals surface area contributed by atoms with Crippen molar-refractivity contribution >= 4 is 78.4 Å². The van der Waals surface area contributed by atoms with Gasteiger partial charge in [-0.1, -0.05) is 88.3 Å². The van der Waals surface area contributed by atoms with Crippen LogP contribution in [0.15, 0.2) is 125 Å². The van der Waals surface area contributed by atoms with Crippen molar-refractivity contribution in [3.8, 4) is 33.6 Å². The summed E-state index contributed by atoms with van der Waals surface area (Å²) in [5.74, 6) is -0.210. The predicted molar refractivity (Wildman–Crippen MR) is 345 cm³/mol. The number of rotatable bonds is 23. The van der Waals surface area contributed by atoms with Crippen LogP contribution in [0.5, 0.6) is 0 Å². The SMILES string of the molecule is C=CC(=NC(=O)NCCC1CC(O)(C2=NC=C(c3cc(-c4ccc(CCCC(C)CCC)cn4)c4sc(NC(=O)CCCC)nc4c3)C=C=C2)CCO1)Sc1c(C)cc(-c2cnc(C(C)(C)O)nc2)cc1-c1cc(N2CCC(C(=O)O)CC2)ccn1. The summed E-state index contributed by atoms with van der Waals surface area (Å²) in [4.78, 5) is 74.0. The number of fused-ring (bicyclic) bond motifs is 1. The van der Waals surface area contributed by atoms with Gasteiger partial charge in [0.05, 0.1) is 45.9 Å². The quantitative estimate of drug-likeness (QED) is 0.0174. The third kappa shape index (κ3) is 16.1. The van der Waals surface area contributed by atoms with Crippen molar-refractivity contribution in [1.82, 2.24) is 30.2 Å². The molecule has 5 N–H and O–H groups in total. The maximum Gasteiger partial charge on any atom is 0.342 e. The number of piperidine rings is 1. The number of aliphatic imine (C=N–C) groups is 2. The zero-order chi connectivity index (χ0) is 61.0. The van der Waals surface area contributed by atoms with E-state index in [0.717, 1.165) is 91.1 Å². The minimum absolute atomic E-state index is 0.0638. The van der Waals surface area contributed by atoms with Crippen LogP contribution in [-0.4, -0.2) is 107 Å². The van der Waals surface area contributed by atoms with E-state index >= 15 is 0 Å². The number of thioether (sulfide) groups is 1. The number of benzene rings is 2. The first-order valence-corrected chi connectivity index (χ1v) is 31.6. The second-order valence-electron chi connectivity index (χ2n) is 23.2. The van der Waals surface area contributed by atoms with Crippen LogP contribution >= 0.6 is 23.1 Å². The number of aryl methyl sites for hydroxylation is 2. The molecule has 17 nitrogen and oxygen atoms in total. The van der Waals surface area contributed by atoms with Crippen molar-refractivity contribution in [3.63, 3.8) is 0 Å². The van der Waals surface area contributed by atoms with Crippen molar-refractivity contribution < 1.29 is 34.4 Å². The van der Waals surface area contributed by atoms with E-state index in [1.165, 1.54) is 54.0 Å². The molecule has 3 aliphatic rings. The highest BCUT2D eigenvalue weighted by Gasteiger charge is 2.39. The number of urea groups is 1. The van der Waals surface area contributed by atoms with E-state index in [2.05, 4.69) is 81.8 Å². The van der Waals surface area contributed by atoms with Gasteiger partial charge < -0.3 is 35.6 Å². The lowest BCUT2D eigenvalue weighted by Gasteiger charge is -2.36. The Kier molecular flexibility index (Phi) is 21.1. The second-order valence-corrected chi connectivity index (χ2v) is 25.2. The Morgan fingerprint density at radius 1 is 0.965 bits per heavy atom. The molecule has 6 aromatic rings. The molecule has 2 fully saturated rings. The summed E-state index contributed by atoms with van der Waals surface area (Å²) < 4.78 is 7.07. The van der Waals surface area contributed by atoms with Crippen molar-refractivity contribution in [2.24, 2.45) is 21.8 Å². The molecule has 9 rings (SSSR count). The van der Waals surface area contributed by atoms with Crippen LogP contribution < -0.4 is 15.5 Å². The molecule has 4 aromatic heterocycles. The van der Waals surface area contributed by atoms with Crippen LogP contribution in [0.4, 0.5) is 15.6 Å². The lowest BCUT2D eigenvalue weighted by molar-refractivity contribution is -0.142. The number of amides is 3. The average molecular weight is 1200 g/mol. The van der Waals surface area contributed by atoms with Crippen molar-refractivity contribution in [1.29, 1.82) is 0 Å². The maximum absolute atomic E-state index is 13.6. The van der Waals surface area contributed by atoms with Gasteiger partial charge >= 0.3 is 12.0 Å². The molecule has 86 heavy (non-hydrogen) atoms. The fraction of sp³-hybridized carbons (Fsp3) is 0.418. The van der Waals surface area contributed by atoms with Crippen LogP contribution in [-0.2, 0) is 26.3 Å². The van der Waals surface area contributed by atoms with Gasteiger partial charge in [0.2, 0.25) is 5.91 Å². The number of nitrogens with one attached hydrogen (secondary N) is 2. The van der Waals surface area contributed by atoms with Crippen molar-refractivity contribution in [2.75, 3.05) is 36.5 Å². The summed E-state index contributed by atoms with van der Waals surface area (Å²) in [5.41, 5.74) is 11.2. The topological polar surface area (TPSA) is 238 Å². The molecule has 3 atom stereocenters. The van der Waals surface area contributed by atoms with Gasteiger partial charge in [0.15, 0.2) is 11.0 Å². The molecule has 3 amide bonds. The van der Waals surface area contributed by atoms with E-state index in [9.17, 15) is 29.7 Å². The van der Waals surface area contributed by atoms with Gasteiger partial charge in [0.25, 0.3) is 0 Å². The van der Waals surface area contributed by atoms with E-state index in [1.54, 1.807) is 44.7 Å². The molecule has 0 saturated carbocycles. The van der Waals surface area contributed by atoms with Crippen LogP contribution in [0.2, 0.25) is 0 Å². The van der Waals surface area contributed by atoms with E-state index in [0.29, 0.717) is 78.5 Å². The molecule has 2 aromatic carbocycles. The first-order valence-electron chi connectivity index (χ1n) is 30.0. The highest BCUT2D eigenvalue weighted by Crippen LogP contribution is 2.41. The Morgan fingerprint density at radius 3 is 2.48 bits per heavy atom. The molecule has 0 aliphatic carbocycles. The number of ether oxygens (including phenoxy) is 1. The predicted octanol–water partition coefficient (Wildman–Crippen LogP) is 13.5. The molecular weight excluding hydrogens is 1120 g/mol. The number of anilines is 2. The summed E-state index contributed by atoms with van der Waals surface area (Å²) in [5, 5.41) is 39.2. The number of allylic oxidation sites excluding steroid dienone is 1. The van der Waals surface area contributed by atoms with Crippen molar-refractivity contribution in [3.05, 3.63) is 133 Å². The second kappa shape index (κ2) is 28.8. The van der Waals surface area contributed by atoms with E-state index in [1.807, 2.05) is 49.5 Å². The van der Waals surface area contributed by atoms with Crippen LogP contribution in [0.3, 0.4) is 0 Å². The van der Waals surface area contributed by atoms with Gasteiger partial charge in [0, 0.05) is 109 Å². The van der Waals surface area contributed by atoms with Crippen molar-refractivity contribution in [2.45, 2.75) is 147 Å². The third-order valence-corrected chi connectivity index (χ3v) is 18.2. The molecular formula is C67H78N10O7S2. The van der Waals surface area contributed by atoms with Gasteiger partial charge in [-0.05, 0) is 136 Å². The van der Waals surface area contributed by atoms with E-state index in [-0.39, 0.29) is 31.4 Å². The Labute approximate surface area is 512 Å². The molecule has 3 unspecified atom stereocenters. The standard InChI is InChI=1S/C67H78N10O7S2/c1-8-11-19-58(78)75-65-74-56-35-48(34-52(61(56)86-65)54-21-20-44(38-70-54)16-12-15-42(4)14-9-2)46-17-13-18-57(71-39-46)67(83)26-31-84-51(37-67)23-28-69-64(81)76-59(10-3)85-60-43(5)32-47(49-40-72-63(73-41-49)66(6,7)82)33-53(60)55-36-50(22-27-68-55)77-29-24-45(25-30-77)62(79)80/h10,17-18,20-22,27,32-36,38-42,45,51,82-83H,3,8-9,11-12,14-16,19,23-26,28-31,37H2,1-2,4-7H3,(H,69,81)(H,79,80)(H,74,75,78). The highest BCUT2D eigenvalue weighted by atomic mass is 32.2. The Morgan fingerprint density at radius 2 is 1.76 bits per heavy atom. The average Bonchev–Trinajstić information content (AvgIpc) is 1.97. The number of hydrogen-bond donors (Lipinski definition) is 5. The monoisotopic (exact) mass is 1200 g/mol. The zero-order valence-corrected chi connectivity index (χ0v) is 51.7. The molecule has 0 bridgehead atoms. The van der Waals surface area contributed by atoms with Gasteiger partial charge in [-0.2, -0.15) is 4.99 Å². The fourth-order valence-electron chi connectivity index (χ4n) is 11.1. The van der Waals surface area contributed by atoms with Gasteiger partial charge in [-0.3, -0.25) is 24.5 Å². The van der Waals surface area contributed by atoms with Crippen LogP contribution in [0, 0.1) is 18.8 Å². The Hall–Kier alpha value is -7.51. The zero-order valence-electron chi connectivity index (χ0n) is 50.1. The number of carboxylic acids is 1. The minimum atomic E-state index is -1.33. The summed E-state index contributed by atoms with van der Waals surface area (Å²) in [6, 6.07) is 15.7. The molecule has 3 aliphatic heterocycles. The molecule has 0 radical (unpaired) electrons. The van der Waals surface area contributed by atoms with E-state index in [4.69, 9.17) is 24.7 Å². The number of nitrogens with zero attached hydrogens (tertiary/aromatic N) is 8. The molecule has 2 saturated heterocycles. The summed E-state index contributed by atoms with van der Waals surface area (Å²) in [7, 11) is 0. The molecule has 7 heterocycles. The van der Waals surface area contributed by atoms with Gasteiger partial charge in [-0.25, -0.2) is 19.7 Å². The number of pyridine rings is 2. The third-order valence-electron chi connectivity index (χ3n) is 16.0. The van der Waals surface area contributed by atoms with Gasteiger partial charge in [-0.15, -0.1) is 5.73 Å². The number of aromatic nitrogens is 5. The Balaban J connectivity index is 0.886. The molecule has 0 spiro atoms. The lowest BCUT2D eigenvalue weighted by atomic mass is 9.84. The first-order chi connectivity index (χ1) is 41.4. The molecule has 19 heteroatoms. The number of unbranched alkanes of at least 4 members (excludes halogenated alkanes) is 1. The van der Waals surface area contributed by atoms with Crippen LogP contribution in [0.1, 0.15) is 134 Å². The number of hydrogen-bond acceptors (Lipinski definition) is 15. The number of thiazole rings is 1. The summed E-state index contributed by atoms with van der Waals surface area (Å²) >= 11 is 2.72. The van der Waals surface area contributed by atoms with Gasteiger partial charge in [0.1, 0.15) is 16.2 Å².